The van der Waals surface area contributed by atoms with E-state index in [-0.39, 0.29) is 5.82 Å². The van der Waals surface area contributed by atoms with Gasteiger partial charge in [-0.1, -0.05) is 36.4 Å². The third-order valence-electron chi connectivity index (χ3n) is 4.34. The van der Waals surface area contributed by atoms with E-state index in [4.69, 9.17) is 4.98 Å². The molecule has 112 valence electrons. The summed E-state index contributed by atoms with van der Waals surface area (Å²) in [6.07, 6.45) is 0. The molecule has 1 aromatic heterocycles. The second kappa shape index (κ2) is 5.17. The third-order valence-corrected chi connectivity index (χ3v) is 4.34. The van der Waals surface area contributed by atoms with Gasteiger partial charge in [0, 0.05) is 16.3 Å². The zero-order valence-electron chi connectivity index (χ0n) is 13.1. The average Bonchev–Trinajstić information content (AvgIpc) is 2.53. The highest BCUT2D eigenvalue weighted by Crippen LogP contribution is 2.38. The monoisotopic (exact) mass is 301 g/mol. The zero-order valence-corrected chi connectivity index (χ0v) is 13.1. The van der Waals surface area contributed by atoms with E-state index in [0.29, 0.717) is 0 Å². The molecule has 0 radical (unpaired) electrons. The minimum absolute atomic E-state index is 0.189. The van der Waals surface area contributed by atoms with Gasteiger partial charge < -0.3 is 0 Å². The highest BCUT2D eigenvalue weighted by molar-refractivity contribution is 6.10. The molecular weight excluding hydrogens is 285 g/mol. The smallest absolute Gasteiger partial charge is 0.123 e. The van der Waals surface area contributed by atoms with E-state index >= 15 is 0 Å². The highest BCUT2D eigenvalue weighted by atomic mass is 19.1. The zero-order chi connectivity index (χ0) is 16.0. The Kier molecular flexibility index (Phi) is 3.12. The molecule has 2 heteroatoms. The number of hydrogen-bond donors (Lipinski definition) is 0. The SMILES string of the molecule is Cc1cc(F)cc(C)c1-c1c2ccccc2nc2ccccc12. The summed E-state index contributed by atoms with van der Waals surface area (Å²) in [5.74, 6) is -0.189. The lowest BCUT2D eigenvalue weighted by molar-refractivity contribution is 0.625. The van der Waals surface area contributed by atoms with Crippen molar-refractivity contribution < 1.29 is 4.39 Å². The Bertz CT molecular complexity index is 973. The fraction of sp³-hybridized carbons (Fsp3) is 0.0952. The lowest BCUT2D eigenvalue weighted by Crippen LogP contribution is -1.94. The molecule has 0 N–H and O–H groups in total. The summed E-state index contributed by atoms with van der Waals surface area (Å²) in [6, 6.07) is 19.5. The van der Waals surface area contributed by atoms with Crippen molar-refractivity contribution in [2.45, 2.75) is 13.8 Å². The predicted molar refractivity (Wildman–Crippen MR) is 94.1 cm³/mol. The second-order valence-electron chi connectivity index (χ2n) is 5.94. The molecule has 0 aliphatic heterocycles. The van der Waals surface area contributed by atoms with Crippen molar-refractivity contribution in [2.24, 2.45) is 0 Å². The van der Waals surface area contributed by atoms with Crippen molar-refractivity contribution in [1.82, 2.24) is 4.98 Å². The molecular formula is C21H16FN. The number of pyridine rings is 1. The molecule has 4 aromatic rings. The summed E-state index contributed by atoms with van der Waals surface area (Å²) in [5, 5.41) is 2.20. The van der Waals surface area contributed by atoms with Crippen molar-refractivity contribution in [2.75, 3.05) is 0 Å². The molecule has 0 aliphatic rings. The first-order chi connectivity index (χ1) is 11.1. The number of benzene rings is 3. The van der Waals surface area contributed by atoms with E-state index in [1.165, 1.54) is 0 Å². The van der Waals surface area contributed by atoms with Gasteiger partial charge in [0.1, 0.15) is 5.82 Å². The van der Waals surface area contributed by atoms with Crippen LogP contribution in [0.2, 0.25) is 0 Å². The molecule has 0 saturated carbocycles. The van der Waals surface area contributed by atoms with Gasteiger partial charge in [-0.05, 0) is 54.8 Å². The molecule has 0 fully saturated rings. The van der Waals surface area contributed by atoms with Gasteiger partial charge in [-0.2, -0.15) is 0 Å². The molecule has 3 aromatic carbocycles. The topological polar surface area (TPSA) is 12.9 Å². The Morgan fingerprint density at radius 1 is 0.696 bits per heavy atom. The standard InChI is InChI=1S/C21H16FN/c1-13-11-15(22)12-14(2)20(13)21-16-7-3-5-9-18(16)23-19-10-6-4-8-17(19)21/h3-12H,1-2H3. The Hall–Kier alpha value is -2.74. The normalized spacial score (nSPS) is 11.3. The summed E-state index contributed by atoms with van der Waals surface area (Å²) in [5.41, 5.74) is 6.06. The summed E-state index contributed by atoms with van der Waals surface area (Å²) >= 11 is 0. The maximum absolute atomic E-state index is 13.7. The Morgan fingerprint density at radius 3 is 1.70 bits per heavy atom. The van der Waals surface area contributed by atoms with E-state index in [1.54, 1.807) is 12.1 Å². The first-order valence-corrected chi connectivity index (χ1v) is 7.70. The van der Waals surface area contributed by atoms with E-state index in [1.807, 2.05) is 50.2 Å². The number of aryl methyl sites for hydroxylation is 2. The second-order valence-corrected chi connectivity index (χ2v) is 5.94. The van der Waals surface area contributed by atoms with Crippen molar-refractivity contribution in [3.63, 3.8) is 0 Å². The Labute approximate surface area is 134 Å². The fourth-order valence-corrected chi connectivity index (χ4v) is 3.41. The number of nitrogens with zero attached hydrogens (tertiary/aromatic N) is 1. The first-order valence-electron chi connectivity index (χ1n) is 7.70. The minimum atomic E-state index is -0.189. The molecule has 0 aliphatic carbocycles. The van der Waals surface area contributed by atoms with Crippen LogP contribution in [-0.2, 0) is 0 Å². The average molecular weight is 301 g/mol. The van der Waals surface area contributed by atoms with Gasteiger partial charge in [-0.3, -0.25) is 0 Å². The van der Waals surface area contributed by atoms with Crippen molar-refractivity contribution in [1.29, 1.82) is 0 Å². The molecule has 0 spiro atoms. The largest absolute Gasteiger partial charge is 0.248 e. The summed E-state index contributed by atoms with van der Waals surface area (Å²) in [7, 11) is 0. The lowest BCUT2D eigenvalue weighted by Gasteiger charge is -2.16. The van der Waals surface area contributed by atoms with E-state index in [0.717, 1.165) is 44.1 Å². The van der Waals surface area contributed by atoms with Crippen LogP contribution in [0.4, 0.5) is 4.39 Å². The van der Waals surface area contributed by atoms with Crippen molar-refractivity contribution >= 4 is 21.8 Å². The highest BCUT2D eigenvalue weighted by Gasteiger charge is 2.15. The first kappa shape index (κ1) is 13.9. The fourth-order valence-electron chi connectivity index (χ4n) is 3.41. The van der Waals surface area contributed by atoms with Crippen LogP contribution in [0.15, 0.2) is 60.7 Å². The number of para-hydroxylation sites is 2. The van der Waals surface area contributed by atoms with Gasteiger partial charge in [0.2, 0.25) is 0 Å². The third kappa shape index (κ3) is 2.18. The number of halogens is 1. The van der Waals surface area contributed by atoms with Crippen LogP contribution in [-0.4, -0.2) is 4.98 Å². The Balaban J connectivity index is 2.25. The van der Waals surface area contributed by atoms with Gasteiger partial charge in [0.25, 0.3) is 0 Å². The number of hydrogen-bond acceptors (Lipinski definition) is 1. The molecule has 0 unspecified atom stereocenters. The molecule has 1 heterocycles. The van der Waals surface area contributed by atoms with Crippen LogP contribution in [0.1, 0.15) is 11.1 Å². The summed E-state index contributed by atoms with van der Waals surface area (Å²) < 4.78 is 13.7. The predicted octanol–water partition coefficient (Wildman–Crippen LogP) is 5.81. The van der Waals surface area contributed by atoms with Gasteiger partial charge in [-0.15, -0.1) is 0 Å². The van der Waals surface area contributed by atoms with Crippen LogP contribution in [0, 0.1) is 19.7 Å². The van der Waals surface area contributed by atoms with Crippen LogP contribution in [0.25, 0.3) is 32.9 Å². The summed E-state index contributed by atoms with van der Waals surface area (Å²) in [4.78, 5) is 4.77. The van der Waals surface area contributed by atoms with E-state index in [2.05, 4.69) is 12.1 Å². The van der Waals surface area contributed by atoms with Crippen LogP contribution in [0.3, 0.4) is 0 Å². The quantitative estimate of drug-likeness (QED) is 0.404. The van der Waals surface area contributed by atoms with Gasteiger partial charge in [-0.25, -0.2) is 9.37 Å². The van der Waals surface area contributed by atoms with Gasteiger partial charge in [0.05, 0.1) is 11.0 Å². The van der Waals surface area contributed by atoms with Crippen LogP contribution < -0.4 is 0 Å². The number of aromatic nitrogens is 1. The maximum Gasteiger partial charge on any atom is 0.123 e. The minimum Gasteiger partial charge on any atom is -0.248 e. The van der Waals surface area contributed by atoms with Crippen molar-refractivity contribution in [3.8, 4) is 11.1 Å². The van der Waals surface area contributed by atoms with Crippen LogP contribution in [0.5, 0.6) is 0 Å². The Morgan fingerprint density at radius 2 is 1.17 bits per heavy atom. The van der Waals surface area contributed by atoms with E-state index < -0.39 is 0 Å². The van der Waals surface area contributed by atoms with Gasteiger partial charge in [0.15, 0.2) is 0 Å². The maximum atomic E-state index is 13.7. The number of rotatable bonds is 1. The van der Waals surface area contributed by atoms with E-state index in [9.17, 15) is 4.39 Å². The number of fused-ring (bicyclic) bond motifs is 2. The molecule has 0 bridgehead atoms. The molecule has 4 rings (SSSR count). The lowest BCUT2D eigenvalue weighted by atomic mass is 9.90. The summed E-state index contributed by atoms with van der Waals surface area (Å²) in [6.45, 7) is 3.94. The molecule has 0 amide bonds. The molecule has 0 atom stereocenters. The van der Waals surface area contributed by atoms with Gasteiger partial charge >= 0.3 is 0 Å². The van der Waals surface area contributed by atoms with Crippen molar-refractivity contribution in [3.05, 3.63) is 77.6 Å². The molecule has 0 saturated heterocycles. The molecule has 1 nitrogen and oxygen atoms in total. The van der Waals surface area contributed by atoms with Crippen LogP contribution >= 0.6 is 0 Å². The molecule has 23 heavy (non-hydrogen) atoms.